The molecule has 2 atom stereocenters. The summed E-state index contributed by atoms with van der Waals surface area (Å²) in [6, 6.07) is 12.9. The molecule has 7 nitrogen and oxygen atoms in total. The molecule has 1 saturated heterocycles. The van der Waals surface area contributed by atoms with Gasteiger partial charge in [0, 0.05) is 29.4 Å². The number of nitrogens with zero attached hydrogens (tertiary/aromatic N) is 1. The Hall–Kier alpha value is -2.33. The van der Waals surface area contributed by atoms with Crippen molar-refractivity contribution in [1.82, 2.24) is 4.90 Å². The average molecular weight is 566 g/mol. The molecule has 200 valence electrons. The Kier molecular flexibility index (Phi) is 10.6. The lowest BCUT2D eigenvalue weighted by Crippen LogP contribution is -2.43. The van der Waals surface area contributed by atoms with E-state index >= 15 is 0 Å². The number of piperidine rings is 1. The Balaban J connectivity index is 1.92. The summed E-state index contributed by atoms with van der Waals surface area (Å²) in [6.45, 7) is 4.74. The van der Waals surface area contributed by atoms with Crippen molar-refractivity contribution in [3.8, 4) is 0 Å². The number of hydrogen-bond donors (Lipinski definition) is 0. The van der Waals surface area contributed by atoms with Gasteiger partial charge in [0.1, 0.15) is 6.04 Å². The van der Waals surface area contributed by atoms with Crippen molar-refractivity contribution in [2.24, 2.45) is 0 Å². The average Bonchev–Trinajstić information content (AvgIpc) is 2.87. The van der Waals surface area contributed by atoms with Gasteiger partial charge in [0.05, 0.1) is 18.6 Å². The zero-order valence-electron chi connectivity index (χ0n) is 21.2. The van der Waals surface area contributed by atoms with E-state index in [1.807, 2.05) is 18.7 Å². The number of ether oxygens (including phenoxy) is 2. The maximum absolute atomic E-state index is 13.2. The molecule has 0 radical (unpaired) electrons. The lowest BCUT2D eigenvalue weighted by molar-refractivity contribution is -0.147. The molecule has 2 aromatic rings. The molecular weight excluding hydrogens is 534 g/mol. The van der Waals surface area contributed by atoms with Gasteiger partial charge >= 0.3 is 11.9 Å². The SMILES string of the molecule is CCCCOC(=O)C=C1CN(C(C(=O)OC)c2ccccc2Cl)CCC1SS(=O)(=O)c1ccc(C)cc1. The van der Waals surface area contributed by atoms with Crippen molar-refractivity contribution in [2.45, 2.75) is 49.3 Å². The minimum absolute atomic E-state index is 0.176. The van der Waals surface area contributed by atoms with Crippen LogP contribution in [-0.2, 0) is 27.9 Å². The molecule has 0 spiro atoms. The third-order valence-corrected chi connectivity index (χ3v) is 10.3. The van der Waals surface area contributed by atoms with E-state index in [2.05, 4.69) is 0 Å². The van der Waals surface area contributed by atoms with E-state index in [1.165, 1.54) is 13.2 Å². The number of esters is 2. The van der Waals surface area contributed by atoms with E-state index in [4.69, 9.17) is 21.1 Å². The van der Waals surface area contributed by atoms with Crippen LogP contribution in [0.2, 0.25) is 5.02 Å². The van der Waals surface area contributed by atoms with Gasteiger partial charge in [-0.1, -0.05) is 60.8 Å². The molecule has 1 heterocycles. The van der Waals surface area contributed by atoms with E-state index < -0.39 is 32.1 Å². The number of carbonyl (C=O) groups excluding carboxylic acids is 2. The van der Waals surface area contributed by atoms with Gasteiger partial charge in [-0.05, 0) is 59.9 Å². The van der Waals surface area contributed by atoms with Crippen LogP contribution in [0, 0.1) is 6.92 Å². The number of benzene rings is 2. The second kappa shape index (κ2) is 13.5. The molecular formula is C27H32ClNO6S2. The number of methoxy groups -OCH3 is 1. The van der Waals surface area contributed by atoms with E-state index in [0.29, 0.717) is 29.1 Å². The summed E-state index contributed by atoms with van der Waals surface area (Å²) >= 11 is 6.42. The number of halogens is 1. The lowest BCUT2D eigenvalue weighted by Gasteiger charge is -2.37. The van der Waals surface area contributed by atoms with Crippen molar-refractivity contribution in [2.75, 3.05) is 26.8 Å². The smallest absolute Gasteiger partial charge is 0.330 e. The topological polar surface area (TPSA) is 90.0 Å². The van der Waals surface area contributed by atoms with Crippen LogP contribution < -0.4 is 0 Å². The molecule has 0 N–H and O–H groups in total. The maximum atomic E-state index is 13.2. The first kappa shape index (κ1) is 29.2. The molecule has 10 heteroatoms. The van der Waals surface area contributed by atoms with Crippen molar-refractivity contribution in [3.63, 3.8) is 0 Å². The van der Waals surface area contributed by atoms with Gasteiger partial charge in [0.2, 0.25) is 8.87 Å². The molecule has 0 aliphatic carbocycles. The Morgan fingerprint density at radius 3 is 2.54 bits per heavy atom. The monoisotopic (exact) mass is 565 g/mol. The Labute approximate surface area is 227 Å². The van der Waals surface area contributed by atoms with Gasteiger partial charge in [0.25, 0.3) is 0 Å². The summed E-state index contributed by atoms with van der Waals surface area (Å²) in [5, 5.41) is -0.0772. The summed E-state index contributed by atoms with van der Waals surface area (Å²) in [7, 11) is -1.57. The van der Waals surface area contributed by atoms with Gasteiger partial charge in [-0.15, -0.1) is 0 Å². The minimum Gasteiger partial charge on any atom is -0.468 e. The Bertz CT molecular complexity index is 1230. The highest BCUT2D eigenvalue weighted by Gasteiger charge is 2.37. The standard InChI is InChI=1S/C27H32ClNO6S2/c1-4-5-16-35-25(30)17-20-18-29(26(27(31)34-3)22-8-6-7-9-23(22)28)15-14-24(20)36-37(32,33)21-12-10-19(2)11-13-21/h6-13,17,24,26H,4-5,14-16,18H2,1-3H3. The molecule has 2 unspecified atom stereocenters. The normalized spacial score (nSPS) is 18.4. The highest BCUT2D eigenvalue weighted by Crippen LogP contribution is 2.39. The number of hydrogen-bond acceptors (Lipinski definition) is 8. The highest BCUT2D eigenvalue weighted by molar-refractivity contribution is 8.72. The summed E-state index contributed by atoms with van der Waals surface area (Å²) in [5.74, 6) is -1.02. The van der Waals surface area contributed by atoms with Crippen molar-refractivity contribution in [3.05, 3.63) is 76.3 Å². The number of rotatable bonds is 10. The van der Waals surface area contributed by atoms with Crippen LogP contribution in [0.3, 0.4) is 0 Å². The van der Waals surface area contributed by atoms with Gasteiger partial charge in [-0.2, -0.15) is 0 Å². The molecule has 0 bridgehead atoms. The fourth-order valence-electron chi connectivity index (χ4n) is 4.06. The molecule has 1 fully saturated rings. The quantitative estimate of drug-likeness (QED) is 0.165. The third-order valence-electron chi connectivity index (χ3n) is 6.07. The fourth-order valence-corrected chi connectivity index (χ4v) is 7.89. The Morgan fingerprint density at radius 2 is 1.89 bits per heavy atom. The van der Waals surface area contributed by atoms with E-state index in [1.54, 1.807) is 48.5 Å². The molecule has 0 amide bonds. The van der Waals surface area contributed by atoms with Crippen LogP contribution in [0.5, 0.6) is 0 Å². The van der Waals surface area contributed by atoms with E-state index in [9.17, 15) is 18.0 Å². The van der Waals surface area contributed by atoms with E-state index in [0.717, 1.165) is 29.2 Å². The van der Waals surface area contributed by atoms with Gasteiger partial charge in [-0.25, -0.2) is 18.0 Å². The summed E-state index contributed by atoms with van der Waals surface area (Å²) in [5.41, 5.74) is 2.11. The molecule has 2 aromatic carbocycles. The minimum atomic E-state index is -3.69. The number of carbonyl (C=O) groups is 2. The summed E-state index contributed by atoms with van der Waals surface area (Å²) in [6.07, 6.45) is 3.37. The van der Waals surface area contributed by atoms with Crippen molar-refractivity contribution < 1.29 is 27.5 Å². The fraction of sp³-hybridized carbons (Fsp3) is 0.407. The van der Waals surface area contributed by atoms with Crippen LogP contribution in [0.15, 0.2) is 65.1 Å². The second-order valence-corrected chi connectivity index (χ2v) is 13.2. The third kappa shape index (κ3) is 7.83. The molecule has 1 aliphatic rings. The largest absolute Gasteiger partial charge is 0.468 e. The maximum Gasteiger partial charge on any atom is 0.330 e. The van der Waals surface area contributed by atoms with Gasteiger partial charge < -0.3 is 9.47 Å². The number of likely N-dealkylation sites (tertiary alicyclic amines) is 1. The molecule has 37 heavy (non-hydrogen) atoms. The molecule has 0 saturated carbocycles. The van der Waals surface area contributed by atoms with Gasteiger partial charge in [-0.3, -0.25) is 4.90 Å². The summed E-state index contributed by atoms with van der Waals surface area (Å²) in [4.78, 5) is 27.5. The molecule has 1 aliphatic heterocycles. The molecule has 3 rings (SSSR count). The predicted octanol–water partition coefficient (Wildman–Crippen LogP) is 5.33. The molecule has 0 aromatic heterocycles. The summed E-state index contributed by atoms with van der Waals surface area (Å²) < 4.78 is 36.8. The second-order valence-electron chi connectivity index (χ2n) is 8.80. The zero-order chi connectivity index (χ0) is 27.0. The van der Waals surface area contributed by atoms with Crippen LogP contribution >= 0.6 is 22.4 Å². The predicted molar refractivity (Wildman–Crippen MR) is 146 cm³/mol. The van der Waals surface area contributed by atoms with Gasteiger partial charge in [0.15, 0.2) is 0 Å². The number of aryl methyl sites for hydroxylation is 1. The first-order valence-corrected chi connectivity index (χ1v) is 15.4. The van der Waals surface area contributed by atoms with E-state index in [-0.39, 0.29) is 18.0 Å². The Morgan fingerprint density at radius 1 is 1.19 bits per heavy atom. The first-order chi connectivity index (χ1) is 17.7. The lowest BCUT2D eigenvalue weighted by atomic mass is 9.98. The van der Waals surface area contributed by atoms with Crippen LogP contribution in [0.25, 0.3) is 0 Å². The zero-order valence-corrected chi connectivity index (χ0v) is 23.6. The van der Waals surface area contributed by atoms with Crippen molar-refractivity contribution >= 4 is 43.2 Å². The van der Waals surface area contributed by atoms with Crippen LogP contribution in [-0.4, -0.2) is 57.3 Å². The highest BCUT2D eigenvalue weighted by atomic mass is 35.5. The van der Waals surface area contributed by atoms with Crippen LogP contribution in [0.1, 0.15) is 43.4 Å². The first-order valence-electron chi connectivity index (χ1n) is 12.1. The van der Waals surface area contributed by atoms with Crippen LogP contribution in [0.4, 0.5) is 0 Å². The number of unbranched alkanes of at least 4 members (excludes halogenated alkanes) is 1. The van der Waals surface area contributed by atoms with Crippen molar-refractivity contribution in [1.29, 1.82) is 0 Å².